The standard InChI is InChI=1S/C18H21IN2O/c1-2-3-13-21(14-15-9-7-8-12-17(15)19)18(22)20-16-10-5-4-6-11-16/h4-12H,2-3,13-14H2,1H3,(H,20,22). The van der Waals surface area contributed by atoms with Crippen LogP contribution in [0.4, 0.5) is 10.5 Å². The fourth-order valence-electron chi connectivity index (χ4n) is 2.16. The first kappa shape index (κ1) is 16.8. The van der Waals surface area contributed by atoms with Crippen LogP contribution in [0.5, 0.6) is 0 Å². The number of rotatable bonds is 6. The molecule has 2 aromatic carbocycles. The zero-order chi connectivity index (χ0) is 15.8. The first-order valence-corrected chi connectivity index (χ1v) is 8.63. The first-order valence-electron chi connectivity index (χ1n) is 7.55. The van der Waals surface area contributed by atoms with Gasteiger partial charge < -0.3 is 10.2 Å². The minimum atomic E-state index is -0.0423. The second kappa shape index (κ2) is 8.78. The Morgan fingerprint density at radius 1 is 1.09 bits per heavy atom. The average Bonchev–Trinajstić information content (AvgIpc) is 2.54. The van der Waals surface area contributed by atoms with E-state index in [9.17, 15) is 4.79 Å². The number of nitrogens with one attached hydrogen (secondary N) is 1. The number of carbonyl (C=O) groups excluding carboxylic acids is 1. The Morgan fingerprint density at radius 3 is 2.45 bits per heavy atom. The van der Waals surface area contributed by atoms with Crippen LogP contribution in [0.2, 0.25) is 0 Å². The van der Waals surface area contributed by atoms with E-state index >= 15 is 0 Å². The molecule has 22 heavy (non-hydrogen) atoms. The number of para-hydroxylation sites is 1. The third kappa shape index (κ3) is 5.02. The maximum Gasteiger partial charge on any atom is 0.322 e. The molecule has 0 spiro atoms. The van der Waals surface area contributed by atoms with Crippen molar-refractivity contribution < 1.29 is 4.79 Å². The molecule has 2 rings (SSSR count). The molecule has 0 fully saturated rings. The molecule has 0 aliphatic carbocycles. The van der Waals surface area contributed by atoms with Crippen LogP contribution in [0.3, 0.4) is 0 Å². The van der Waals surface area contributed by atoms with Gasteiger partial charge in [0.05, 0.1) is 0 Å². The molecule has 3 nitrogen and oxygen atoms in total. The molecule has 0 saturated heterocycles. The van der Waals surface area contributed by atoms with Gasteiger partial charge in [-0.05, 0) is 52.8 Å². The zero-order valence-corrected chi connectivity index (χ0v) is 14.9. The highest BCUT2D eigenvalue weighted by atomic mass is 127. The van der Waals surface area contributed by atoms with Crippen molar-refractivity contribution in [2.24, 2.45) is 0 Å². The summed E-state index contributed by atoms with van der Waals surface area (Å²) in [6.07, 6.45) is 2.08. The van der Waals surface area contributed by atoms with Crippen molar-refractivity contribution in [3.05, 3.63) is 63.7 Å². The highest BCUT2D eigenvalue weighted by molar-refractivity contribution is 14.1. The van der Waals surface area contributed by atoms with Crippen LogP contribution in [0.25, 0.3) is 0 Å². The number of benzene rings is 2. The third-order valence-electron chi connectivity index (χ3n) is 3.41. The van der Waals surface area contributed by atoms with E-state index in [0.29, 0.717) is 6.54 Å². The van der Waals surface area contributed by atoms with Crippen molar-refractivity contribution >= 4 is 34.3 Å². The number of amides is 2. The topological polar surface area (TPSA) is 32.3 Å². The van der Waals surface area contributed by atoms with Gasteiger partial charge in [-0.25, -0.2) is 4.79 Å². The van der Waals surface area contributed by atoms with E-state index in [0.717, 1.165) is 25.1 Å². The van der Waals surface area contributed by atoms with Gasteiger partial charge in [-0.1, -0.05) is 49.7 Å². The predicted molar refractivity (Wildman–Crippen MR) is 99.9 cm³/mol. The van der Waals surface area contributed by atoms with Crippen molar-refractivity contribution in [1.82, 2.24) is 4.90 Å². The number of carbonyl (C=O) groups is 1. The fourth-order valence-corrected chi connectivity index (χ4v) is 2.72. The Bertz CT molecular complexity index is 601. The molecular formula is C18H21IN2O. The summed E-state index contributed by atoms with van der Waals surface area (Å²) in [6.45, 7) is 3.54. The molecule has 4 heteroatoms. The monoisotopic (exact) mass is 408 g/mol. The lowest BCUT2D eigenvalue weighted by Gasteiger charge is -2.23. The summed E-state index contributed by atoms with van der Waals surface area (Å²) in [5, 5.41) is 2.98. The van der Waals surface area contributed by atoms with Crippen molar-refractivity contribution in [1.29, 1.82) is 0 Å². The van der Waals surface area contributed by atoms with E-state index in [4.69, 9.17) is 0 Å². The van der Waals surface area contributed by atoms with Gasteiger partial charge in [-0.2, -0.15) is 0 Å². The van der Waals surface area contributed by atoms with E-state index in [1.807, 2.05) is 47.4 Å². The van der Waals surface area contributed by atoms with E-state index in [-0.39, 0.29) is 6.03 Å². The molecule has 0 saturated carbocycles. The zero-order valence-electron chi connectivity index (χ0n) is 12.8. The van der Waals surface area contributed by atoms with Gasteiger partial charge in [0, 0.05) is 22.3 Å². The summed E-state index contributed by atoms with van der Waals surface area (Å²) in [5.74, 6) is 0. The molecule has 0 atom stereocenters. The number of hydrogen-bond donors (Lipinski definition) is 1. The van der Waals surface area contributed by atoms with Crippen molar-refractivity contribution in [2.75, 3.05) is 11.9 Å². The molecule has 0 aliphatic heterocycles. The normalized spacial score (nSPS) is 10.3. The Morgan fingerprint density at radius 2 is 1.77 bits per heavy atom. The van der Waals surface area contributed by atoms with Crippen LogP contribution in [-0.4, -0.2) is 17.5 Å². The van der Waals surface area contributed by atoms with Crippen molar-refractivity contribution in [2.45, 2.75) is 26.3 Å². The minimum Gasteiger partial charge on any atom is -0.320 e. The molecule has 0 unspecified atom stereocenters. The number of urea groups is 1. The molecule has 0 bridgehead atoms. The molecule has 2 amide bonds. The molecule has 1 N–H and O–H groups in total. The second-order valence-corrected chi connectivity index (χ2v) is 6.32. The van der Waals surface area contributed by atoms with E-state index < -0.39 is 0 Å². The van der Waals surface area contributed by atoms with Gasteiger partial charge in [0.1, 0.15) is 0 Å². The number of nitrogens with zero attached hydrogens (tertiary/aromatic N) is 1. The van der Waals surface area contributed by atoms with Crippen LogP contribution in [0, 0.1) is 3.57 Å². The Balaban J connectivity index is 2.08. The fraction of sp³-hybridized carbons (Fsp3) is 0.278. The molecular weight excluding hydrogens is 387 g/mol. The number of unbranched alkanes of at least 4 members (excludes halogenated alkanes) is 1. The molecule has 0 aromatic heterocycles. The Hall–Kier alpha value is -1.56. The lowest BCUT2D eigenvalue weighted by Crippen LogP contribution is -2.35. The van der Waals surface area contributed by atoms with Gasteiger partial charge in [0.2, 0.25) is 0 Å². The largest absolute Gasteiger partial charge is 0.322 e. The van der Waals surface area contributed by atoms with Gasteiger partial charge >= 0.3 is 6.03 Å². The minimum absolute atomic E-state index is 0.0423. The SMILES string of the molecule is CCCCN(Cc1ccccc1I)C(=O)Nc1ccccc1. The van der Waals surface area contributed by atoms with Gasteiger partial charge in [0.25, 0.3) is 0 Å². The summed E-state index contributed by atoms with van der Waals surface area (Å²) in [4.78, 5) is 14.4. The first-order chi connectivity index (χ1) is 10.7. The summed E-state index contributed by atoms with van der Waals surface area (Å²) >= 11 is 2.32. The van der Waals surface area contributed by atoms with Gasteiger partial charge in [-0.15, -0.1) is 0 Å². The highest BCUT2D eigenvalue weighted by Gasteiger charge is 2.14. The summed E-state index contributed by atoms with van der Waals surface area (Å²) in [5.41, 5.74) is 2.01. The lowest BCUT2D eigenvalue weighted by molar-refractivity contribution is 0.208. The number of hydrogen-bond acceptors (Lipinski definition) is 1. The predicted octanol–water partition coefficient (Wildman–Crippen LogP) is 5.13. The van der Waals surface area contributed by atoms with Crippen molar-refractivity contribution in [3.8, 4) is 0 Å². The van der Waals surface area contributed by atoms with Crippen LogP contribution in [-0.2, 0) is 6.54 Å². The van der Waals surface area contributed by atoms with E-state index in [2.05, 4.69) is 47.0 Å². The third-order valence-corrected chi connectivity index (χ3v) is 4.47. The van der Waals surface area contributed by atoms with E-state index in [1.165, 1.54) is 9.13 Å². The summed E-state index contributed by atoms with van der Waals surface area (Å²) < 4.78 is 1.19. The van der Waals surface area contributed by atoms with Gasteiger partial charge in [0.15, 0.2) is 0 Å². The molecule has 0 heterocycles. The van der Waals surface area contributed by atoms with Crippen molar-refractivity contribution in [3.63, 3.8) is 0 Å². The smallest absolute Gasteiger partial charge is 0.320 e. The maximum atomic E-state index is 12.5. The van der Waals surface area contributed by atoms with Crippen LogP contribution >= 0.6 is 22.6 Å². The number of anilines is 1. The molecule has 2 aromatic rings. The maximum absolute atomic E-state index is 12.5. The van der Waals surface area contributed by atoms with Crippen LogP contribution in [0.15, 0.2) is 54.6 Å². The Labute approximate surface area is 145 Å². The average molecular weight is 408 g/mol. The molecule has 0 radical (unpaired) electrons. The molecule has 0 aliphatic rings. The highest BCUT2D eigenvalue weighted by Crippen LogP contribution is 2.16. The van der Waals surface area contributed by atoms with Crippen LogP contribution in [0.1, 0.15) is 25.3 Å². The van der Waals surface area contributed by atoms with E-state index in [1.54, 1.807) is 0 Å². The van der Waals surface area contributed by atoms with Crippen LogP contribution < -0.4 is 5.32 Å². The number of halogens is 1. The Kier molecular flexibility index (Phi) is 6.71. The lowest BCUT2D eigenvalue weighted by atomic mass is 10.2. The molecule has 116 valence electrons. The van der Waals surface area contributed by atoms with Gasteiger partial charge in [-0.3, -0.25) is 0 Å². The summed E-state index contributed by atoms with van der Waals surface area (Å²) in [6, 6.07) is 17.7. The summed E-state index contributed by atoms with van der Waals surface area (Å²) in [7, 11) is 0. The quantitative estimate of drug-likeness (QED) is 0.661. The second-order valence-electron chi connectivity index (χ2n) is 5.16.